The van der Waals surface area contributed by atoms with Crippen LogP contribution < -0.4 is 11.1 Å². The minimum Gasteiger partial charge on any atom is -0.464 e. The zero-order valence-electron chi connectivity index (χ0n) is 16.9. The number of ether oxygens (including phenoxy) is 1. The molecular formula is C22H19N7O2. The number of nitrogen functional groups attached to an aromatic ring is 1. The summed E-state index contributed by atoms with van der Waals surface area (Å²) in [6, 6.07) is 16.5. The summed E-state index contributed by atoms with van der Waals surface area (Å²) < 4.78 is 6.75. The Morgan fingerprint density at radius 2 is 1.97 bits per heavy atom. The number of nitrogens with one attached hydrogen (secondary N) is 1. The Balaban J connectivity index is 1.91. The van der Waals surface area contributed by atoms with Crippen molar-refractivity contribution >= 4 is 23.3 Å². The Morgan fingerprint density at radius 1 is 1.19 bits per heavy atom. The van der Waals surface area contributed by atoms with Crippen molar-refractivity contribution in [1.82, 2.24) is 19.4 Å². The predicted octanol–water partition coefficient (Wildman–Crippen LogP) is 3.20. The van der Waals surface area contributed by atoms with Gasteiger partial charge >= 0.3 is 5.97 Å². The molecule has 154 valence electrons. The number of hydrogen-bond acceptors (Lipinski definition) is 8. The fourth-order valence-electron chi connectivity index (χ4n) is 3.44. The molecule has 3 aromatic heterocycles. The highest BCUT2D eigenvalue weighted by Crippen LogP contribution is 2.32. The third kappa shape index (κ3) is 3.51. The van der Waals surface area contributed by atoms with Gasteiger partial charge in [-0.15, -0.1) is 0 Å². The summed E-state index contributed by atoms with van der Waals surface area (Å²) in [6.45, 7) is 1.89. The van der Waals surface area contributed by atoms with E-state index in [4.69, 9.17) is 15.5 Å². The van der Waals surface area contributed by atoms with E-state index in [1.165, 1.54) is 13.4 Å². The van der Waals surface area contributed by atoms with Crippen molar-refractivity contribution < 1.29 is 9.53 Å². The molecule has 1 aromatic carbocycles. The quantitative estimate of drug-likeness (QED) is 0.477. The number of nitrogens with zero attached hydrogens (tertiary/aromatic N) is 5. The van der Waals surface area contributed by atoms with Gasteiger partial charge in [-0.1, -0.05) is 36.4 Å². The third-order valence-corrected chi connectivity index (χ3v) is 4.86. The van der Waals surface area contributed by atoms with Gasteiger partial charge in [-0.05, 0) is 19.1 Å². The minimum atomic E-state index is -0.470. The third-order valence-electron chi connectivity index (χ3n) is 4.86. The van der Waals surface area contributed by atoms with Crippen LogP contribution in [0, 0.1) is 11.3 Å². The van der Waals surface area contributed by atoms with Crippen LogP contribution >= 0.6 is 0 Å². The van der Waals surface area contributed by atoms with Gasteiger partial charge in [0.05, 0.1) is 24.5 Å². The number of pyridine rings is 1. The number of nitrogens with two attached hydrogens (primary N) is 1. The highest BCUT2D eigenvalue weighted by molar-refractivity contribution is 5.89. The van der Waals surface area contributed by atoms with Crippen LogP contribution in [0.15, 0.2) is 54.9 Å². The van der Waals surface area contributed by atoms with E-state index in [9.17, 15) is 10.1 Å². The maximum absolute atomic E-state index is 12.4. The second-order valence-electron chi connectivity index (χ2n) is 6.77. The number of benzene rings is 1. The van der Waals surface area contributed by atoms with Crippen LogP contribution in [0.5, 0.6) is 0 Å². The number of aromatic nitrogens is 4. The topological polar surface area (TPSA) is 131 Å². The van der Waals surface area contributed by atoms with Crippen LogP contribution in [-0.4, -0.2) is 32.4 Å². The fourth-order valence-corrected chi connectivity index (χ4v) is 3.44. The number of hydrogen-bond donors (Lipinski definition) is 2. The fraction of sp³-hybridized carbons (Fsp3) is 0.136. The molecule has 0 bridgehead atoms. The molecule has 0 radical (unpaired) electrons. The monoisotopic (exact) mass is 413 g/mol. The molecule has 4 aromatic rings. The summed E-state index contributed by atoms with van der Waals surface area (Å²) in [4.78, 5) is 25.2. The van der Waals surface area contributed by atoms with Crippen LogP contribution in [0.4, 0.5) is 11.6 Å². The van der Waals surface area contributed by atoms with E-state index in [1.807, 2.05) is 49.4 Å². The molecule has 4 rings (SSSR count). The molecule has 0 saturated carbocycles. The zero-order valence-corrected chi connectivity index (χ0v) is 16.9. The van der Waals surface area contributed by atoms with Gasteiger partial charge in [0, 0.05) is 5.56 Å². The van der Waals surface area contributed by atoms with E-state index < -0.39 is 5.97 Å². The van der Waals surface area contributed by atoms with E-state index in [-0.39, 0.29) is 17.4 Å². The average molecular weight is 413 g/mol. The van der Waals surface area contributed by atoms with Crippen molar-refractivity contribution in [3.05, 3.63) is 71.8 Å². The Morgan fingerprint density at radius 3 is 2.68 bits per heavy atom. The molecule has 9 heteroatoms. The molecule has 0 aliphatic heterocycles. The predicted molar refractivity (Wildman–Crippen MR) is 115 cm³/mol. The Bertz CT molecular complexity index is 1310. The molecular weight excluding hydrogens is 394 g/mol. The normalized spacial score (nSPS) is 11.6. The number of carbonyl (C=O) groups excluding carboxylic acids is 1. The maximum Gasteiger partial charge on any atom is 0.355 e. The van der Waals surface area contributed by atoms with E-state index in [1.54, 1.807) is 16.5 Å². The molecule has 3 N–H and O–H groups in total. The van der Waals surface area contributed by atoms with Crippen molar-refractivity contribution in [1.29, 1.82) is 5.26 Å². The largest absolute Gasteiger partial charge is 0.464 e. The second kappa shape index (κ2) is 8.12. The highest BCUT2D eigenvalue weighted by atomic mass is 16.5. The van der Waals surface area contributed by atoms with Gasteiger partial charge in [0.15, 0.2) is 0 Å². The summed E-state index contributed by atoms with van der Waals surface area (Å²) in [7, 11) is 1.34. The van der Waals surface area contributed by atoms with Crippen molar-refractivity contribution in [2.45, 2.75) is 13.0 Å². The van der Waals surface area contributed by atoms with E-state index >= 15 is 0 Å². The van der Waals surface area contributed by atoms with Gasteiger partial charge in [0.25, 0.3) is 0 Å². The lowest BCUT2D eigenvalue weighted by Crippen LogP contribution is -2.13. The number of methoxy groups -OCH3 is 1. The van der Waals surface area contributed by atoms with Crippen molar-refractivity contribution in [2.24, 2.45) is 0 Å². The van der Waals surface area contributed by atoms with Crippen LogP contribution in [0.2, 0.25) is 0 Å². The number of carbonyl (C=O) groups is 1. The van der Waals surface area contributed by atoms with Gasteiger partial charge in [0.2, 0.25) is 0 Å². The second-order valence-corrected chi connectivity index (χ2v) is 6.77. The van der Waals surface area contributed by atoms with Crippen molar-refractivity contribution in [3.63, 3.8) is 0 Å². The maximum atomic E-state index is 12.4. The smallest absolute Gasteiger partial charge is 0.355 e. The number of esters is 1. The summed E-state index contributed by atoms with van der Waals surface area (Å²) in [6.07, 6.45) is 1.29. The Labute approximate surface area is 178 Å². The molecule has 0 aliphatic rings. The lowest BCUT2D eigenvalue weighted by molar-refractivity contribution is 0.0592. The summed E-state index contributed by atoms with van der Waals surface area (Å²) in [5, 5.41) is 12.6. The van der Waals surface area contributed by atoms with Crippen LogP contribution in [-0.2, 0) is 4.74 Å². The van der Waals surface area contributed by atoms with Crippen LogP contribution in [0.25, 0.3) is 16.9 Å². The number of imidazole rings is 1. The molecule has 0 spiro atoms. The van der Waals surface area contributed by atoms with E-state index in [0.29, 0.717) is 22.9 Å². The van der Waals surface area contributed by atoms with E-state index in [2.05, 4.69) is 15.3 Å². The lowest BCUT2D eigenvalue weighted by atomic mass is 10.1. The molecule has 0 saturated heterocycles. The first-order valence-corrected chi connectivity index (χ1v) is 9.47. The SMILES string of the molecule is COC(=O)c1cccc2nc(C(C)Nc3ncnc(N)c3C#N)c(-c3ccccc3)n12. The first kappa shape index (κ1) is 19.8. The standard InChI is InChI=1S/C22H19N7O2/c1-13(27-21-15(11-23)20(24)25-12-26-21)18-19(14-7-4-3-5-8-14)29-16(22(30)31-2)9-6-10-17(29)28-18/h3-10,12-13H,1-2H3,(H3,24,25,26,27). The van der Waals surface area contributed by atoms with Gasteiger partial charge in [0.1, 0.15) is 40.9 Å². The first-order chi connectivity index (χ1) is 15.0. The molecule has 1 atom stereocenters. The first-order valence-electron chi connectivity index (χ1n) is 9.47. The number of nitriles is 1. The molecule has 9 nitrogen and oxygen atoms in total. The summed E-state index contributed by atoms with van der Waals surface area (Å²) >= 11 is 0. The van der Waals surface area contributed by atoms with Gasteiger partial charge in [-0.2, -0.15) is 5.26 Å². The summed E-state index contributed by atoms with van der Waals surface area (Å²) in [5.41, 5.74) is 9.20. The van der Waals surface area contributed by atoms with Gasteiger partial charge in [-0.3, -0.25) is 4.40 Å². The van der Waals surface area contributed by atoms with Gasteiger partial charge < -0.3 is 15.8 Å². The molecule has 3 heterocycles. The zero-order chi connectivity index (χ0) is 22.0. The van der Waals surface area contributed by atoms with E-state index in [0.717, 1.165) is 11.3 Å². The van der Waals surface area contributed by atoms with Crippen molar-refractivity contribution in [2.75, 3.05) is 18.2 Å². The number of anilines is 2. The minimum absolute atomic E-state index is 0.0958. The highest BCUT2D eigenvalue weighted by Gasteiger charge is 2.24. The summed E-state index contributed by atoms with van der Waals surface area (Å²) in [5.74, 6) is -0.0621. The number of fused-ring (bicyclic) bond motifs is 1. The molecule has 0 aliphatic carbocycles. The van der Waals surface area contributed by atoms with Crippen molar-refractivity contribution in [3.8, 4) is 17.3 Å². The lowest BCUT2D eigenvalue weighted by Gasteiger charge is -2.16. The number of rotatable bonds is 5. The molecule has 0 fully saturated rings. The van der Waals surface area contributed by atoms with Gasteiger partial charge in [-0.25, -0.2) is 19.7 Å². The Hall–Kier alpha value is -4.45. The van der Waals surface area contributed by atoms with Crippen LogP contribution in [0.3, 0.4) is 0 Å². The van der Waals surface area contributed by atoms with Crippen LogP contribution in [0.1, 0.15) is 34.7 Å². The average Bonchev–Trinajstić information content (AvgIpc) is 3.19. The molecule has 0 amide bonds. The molecule has 1 unspecified atom stereocenters. The molecule has 31 heavy (non-hydrogen) atoms. The Kier molecular flexibility index (Phi) is 5.20.